The van der Waals surface area contributed by atoms with Gasteiger partial charge in [0.15, 0.2) is 0 Å². The standard InChI is InChI=1S/C12H18BrN3OS/c1-3-6-16-12(17)11(13)10(9-15-16)14-5-8-18-7-4-2/h4,9,14H,2-3,5-8H2,1H3. The van der Waals surface area contributed by atoms with Crippen LogP contribution in [0.2, 0.25) is 0 Å². The Bertz CT molecular complexity index is 447. The predicted molar refractivity (Wildman–Crippen MR) is 82.5 cm³/mol. The number of aryl methyl sites for hydroxylation is 1. The van der Waals surface area contributed by atoms with E-state index in [1.807, 2.05) is 13.0 Å². The molecule has 0 aliphatic rings. The van der Waals surface area contributed by atoms with Crippen LogP contribution in [0.3, 0.4) is 0 Å². The fraction of sp³-hybridized carbons (Fsp3) is 0.500. The van der Waals surface area contributed by atoms with Gasteiger partial charge in [-0.2, -0.15) is 16.9 Å². The third-order valence-corrected chi connectivity index (χ3v) is 3.95. The highest BCUT2D eigenvalue weighted by Gasteiger charge is 2.07. The van der Waals surface area contributed by atoms with Crippen LogP contribution in [0.4, 0.5) is 5.69 Å². The minimum Gasteiger partial charge on any atom is -0.382 e. The fourth-order valence-electron chi connectivity index (χ4n) is 1.38. The van der Waals surface area contributed by atoms with Crippen LogP contribution >= 0.6 is 27.7 Å². The van der Waals surface area contributed by atoms with E-state index in [0.29, 0.717) is 11.0 Å². The Hall–Kier alpha value is -0.750. The van der Waals surface area contributed by atoms with E-state index in [4.69, 9.17) is 0 Å². The molecular weight excluding hydrogens is 314 g/mol. The van der Waals surface area contributed by atoms with Gasteiger partial charge in [-0.15, -0.1) is 6.58 Å². The zero-order valence-corrected chi connectivity index (χ0v) is 12.9. The molecule has 0 radical (unpaired) electrons. The van der Waals surface area contributed by atoms with Crippen molar-refractivity contribution in [2.75, 3.05) is 23.4 Å². The van der Waals surface area contributed by atoms with E-state index >= 15 is 0 Å². The smallest absolute Gasteiger partial charge is 0.283 e. The number of rotatable bonds is 8. The molecule has 6 heteroatoms. The minimum absolute atomic E-state index is 0.0828. The summed E-state index contributed by atoms with van der Waals surface area (Å²) >= 11 is 5.12. The Morgan fingerprint density at radius 2 is 2.44 bits per heavy atom. The van der Waals surface area contributed by atoms with E-state index in [1.54, 1.807) is 18.0 Å². The van der Waals surface area contributed by atoms with Gasteiger partial charge in [0, 0.05) is 24.6 Å². The lowest BCUT2D eigenvalue weighted by Crippen LogP contribution is -2.24. The second-order valence-electron chi connectivity index (χ2n) is 3.69. The quantitative estimate of drug-likeness (QED) is 0.587. The summed E-state index contributed by atoms with van der Waals surface area (Å²) in [6.07, 6.45) is 4.47. The van der Waals surface area contributed by atoms with Crippen LogP contribution in [0, 0.1) is 0 Å². The number of hydrogen-bond acceptors (Lipinski definition) is 4. The highest BCUT2D eigenvalue weighted by atomic mass is 79.9. The molecule has 0 aliphatic heterocycles. The van der Waals surface area contributed by atoms with Crippen LogP contribution in [0.1, 0.15) is 13.3 Å². The van der Waals surface area contributed by atoms with Gasteiger partial charge in [-0.1, -0.05) is 13.0 Å². The largest absolute Gasteiger partial charge is 0.382 e. The van der Waals surface area contributed by atoms with Gasteiger partial charge in [0.25, 0.3) is 5.56 Å². The molecule has 1 N–H and O–H groups in total. The van der Waals surface area contributed by atoms with Crippen molar-refractivity contribution in [3.8, 4) is 0 Å². The molecule has 1 rings (SSSR count). The number of hydrogen-bond donors (Lipinski definition) is 1. The average Bonchev–Trinajstić information content (AvgIpc) is 2.37. The summed E-state index contributed by atoms with van der Waals surface area (Å²) in [6, 6.07) is 0. The third kappa shape index (κ3) is 4.49. The SMILES string of the molecule is C=CCSCCNc1cnn(CCC)c(=O)c1Br. The van der Waals surface area contributed by atoms with Gasteiger partial charge >= 0.3 is 0 Å². The maximum Gasteiger partial charge on any atom is 0.283 e. The first kappa shape index (κ1) is 15.3. The topological polar surface area (TPSA) is 46.9 Å². The fourth-order valence-corrected chi connectivity index (χ4v) is 2.41. The van der Waals surface area contributed by atoms with E-state index in [1.165, 1.54) is 4.68 Å². The average molecular weight is 332 g/mol. The molecule has 0 aliphatic carbocycles. The number of thioether (sulfide) groups is 1. The van der Waals surface area contributed by atoms with Crippen LogP contribution in [0.25, 0.3) is 0 Å². The van der Waals surface area contributed by atoms with Gasteiger partial charge in [0.05, 0.1) is 11.9 Å². The number of halogens is 1. The highest BCUT2D eigenvalue weighted by molar-refractivity contribution is 9.10. The van der Waals surface area contributed by atoms with Gasteiger partial charge in [0.2, 0.25) is 0 Å². The molecule has 0 atom stereocenters. The molecule has 0 bridgehead atoms. The highest BCUT2D eigenvalue weighted by Crippen LogP contribution is 2.16. The van der Waals surface area contributed by atoms with E-state index in [9.17, 15) is 4.79 Å². The summed E-state index contributed by atoms with van der Waals surface area (Å²) in [5, 5.41) is 7.34. The lowest BCUT2D eigenvalue weighted by molar-refractivity contribution is 0.566. The molecule has 0 amide bonds. The van der Waals surface area contributed by atoms with Crippen molar-refractivity contribution in [3.63, 3.8) is 0 Å². The van der Waals surface area contributed by atoms with E-state index in [2.05, 4.69) is 32.9 Å². The molecule has 4 nitrogen and oxygen atoms in total. The number of nitrogens with zero attached hydrogens (tertiary/aromatic N) is 2. The van der Waals surface area contributed by atoms with Crippen molar-refractivity contribution in [2.45, 2.75) is 19.9 Å². The summed E-state index contributed by atoms with van der Waals surface area (Å²) in [5.74, 6) is 1.91. The summed E-state index contributed by atoms with van der Waals surface area (Å²) in [4.78, 5) is 11.9. The van der Waals surface area contributed by atoms with Crippen molar-refractivity contribution < 1.29 is 0 Å². The number of anilines is 1. The predicted octanol–water partition coefficient (Wildman–Crippen LogP) is 2.75. The molecule has 0 saturated carbocycles. The lowest BCUT2D eigenvalue weighted by atomic mass is 10.4. The van der Waals surface area contributed by atoms with E-state index < -0.39 is 0 Å². The Kier molecular flexibility index (Phi) is 7.12. The minimum atomic E-state index is -0.0828. The molecule has 0 spiro atoms. The molecule has 0 saturated heterocycles. The van der Waals surface area contributed by atoms with Gasteiger partial charge in [0.1, 0.15) is 4.47 Å². The third-order valence-electron chi connectivity index (χ3n) is 2.22. The lowest BCUT2D eigenvalue weighted by Gasteiger charge is -2.09. The van der Waals surface area contributed by atoms with Crippen LogP contribution in [0.5, 0.6) is 0 Å². The summed E-state index contributed by atoms with van der Waals surface area (Å²) in [6.45, 7) is 7.13. The molecule has 1 heterocycles. The molecule has 0 fully saturated rings. The molecule has 0 aromatic carbocycles. The van der Waals surface area contributed by atoms with Gasteiger partial charge in [-0.3, -0.25) is 4.79 Å². The monoisotopic (exact) mass is 331 g/mol. The first-order valence-electron chi connectivity index (χ1n) is 5.88. The first-order valence-corrected chi connectivity index (χ1v) is 7.83. The van der Waals surface area contributed by atoms with Crippen molar-refractivity contribution in [2.24, 2.45) is 0 Å². The van der Waals surface area contributed by atoms with E-state index in [-0.39, 0.29) is 5.56 Å². The Labute approximate surface area is 120 Å². The second-order valence-corrected chi connectivity index (χ2v) is 5.63. The Balaban J connectivity index is 2.59. The second kappa shape index (κ2) is 8.37. The van der Waals surface area contributed by atoms with Crippen molar-refractivity contribution in [3.05, 3.63) is 33.7 Å². The zero-order chi connectivity index (χ0) is 13.4. The maximum absolute atomic E-state index is 11.9. The normalized spacial score (nSPS) is 10.3. The van der Waals surface area contributed by atoms with Crippen LogP contribution in [-0.4, -0.2) is 27.8 Å². The zero-order valence-electron chi connectivity index (χ0n) is 10.5. The molecule has 100 valence electrons. The molecule has 18 heavy (non-hydrogen) atoms. The van der Waals surface area contributed by atoms with Crippen molar-refractivity contribution >= 4 is 33.4 Å². The molecule has 0 unspecified atom stereocenters. The van der Waals surface area contributed by atoms with E-state index in [0.717, 1.165) is 30.2 Å². The molecule has 1 aromatic heterocycles. The maximum atomic E-state index is 11.9. The van der Waals surface area contributed by atoms with Crippen LogP contribution in [-0.2, 0) is 6.54 Å². The van der Waals surface area contributed by atoms with Crippen LogP contribution in [0.15, 0.2) is 28.1 Å². The Morgan fingerprint density at radius 3 is 3.11 bits per heavy atom. The Morgan fingerprint density at radius 1 is 1.67 bits per heavy atom. The van der Waals surface area contributed by atoms with Crippen LogP contribution < -0.4 is 10.9 Å². The molecular formula is C12H18BrN3OS. The number of nitrogens with one attached hydrogen (secondary N) is 1. The summed E-state index contributed by atoms with van der Waals surface area (Å²) < 4.78 is 2.03. The van der Waals surface area contributed by atoms with Crippen molar-refractivity contribution in [1.82, 2.24) is 9.78 Å². The van der Waals surface area contributed by atoms with Gasteiger partial charge < -0.3 is 5.32 Å². The van der Waals surface area contributed by atoms with Gasteiger partial charge in [-0.05, 0) is 22.4 Å². The summed E-state index contributed by atoms with van der Waals surface area (Å²) in [7, 11) is 0. The molecule has 1 aromatic rings. The van der Waals surface area contributed by atoms with Gasteiger partial charge in [-0.25, -0.2) is 4.68 Å². The number of aromatic nitrogens is 2. The first-order chi connectivity index (χ1) is 8.70. The van der Waals surface area contributed by atoms with Crippen molar-refractivity contribution in [1.29, 1.82) is 0 Å². The summed E-state index contributed by atoms with van der Waals surface area (Å²) in [5.41, 5.74) is 0.673.